The number of carbonyl (C=O) groups is 1. The zero-order valence-electron chi connectivity index (χ0n) is 15.5. The van der Waals surface area contributed by atoms with Gasteiger partial charge in [0.05, 0.1) is 25.5 Å². The second kappa shape index (κ2) is 9.21. The molecular weight excluding hydrogens is 358 g/mol. The van der Waals surface area contributed by atoms with Gasteiger partial charge in [-0.15, -0.1) is 0 Å². The highest BCUT2D eigenvalue weighted by Crippen LogP contribution is 2.25. The van der Waals surface area contributed by atoms with E-state index in [-0.39, 0.29) is 18.3 Å². The van der Waals surface area contributed by atoms with Gasteiger partial charge in [-0.05, 0) is 36.4 Å². The topological polar surface area (TPSA) is 41.1 Å². The first-order valence-electron chi connectivity index (χ1n) is 8.64. The summed E-state index contributed by atoms with van der Waals surface area (Å²) < 4.78 is 0.487. The molecule has 0 aliphatic rings. The van der Waals surface area contributed by atoms with E-state index in [0.29, 0.717) is 11.0 Å². The van der Waals surface area contributed by atoms with E-state index in [9.17, 15) is 4.79 Å². The lowest BCUT2D eigenvalue weighted by Crippen LogP contribution is -3.00. The van der Waals surface area contributed by atoms with Gasteiger partial charge in [0.2, 0.25) is 0 Å². The number of hydrogen-bond donors (Lipinski definition) is 2. The molecule has 0 fully saturated rings. The molecule has 3 aromatic carbocycles. The van der Waals surface area contributed by atoms with E-state index in [1.165, 1.54) is 0 Å². The molecule has 0 atom stereocenters. The maximum Gasteiger partial charge on any atom is 0.280 e. The van der Waals surface area contributed by atoms with Crippen molar-refractivity contribution >= 4 is 28.7 Å². The van der Waals surface area contributed by atoms with E-state index in [0.717, 1.165) is 22.7 Å². The van der Waals surface area contributed by atoms with Crippen molar-refractivity contribution in [1.29, 1.82) is 0 Å². The van der Waals surface area contributed by atoms with Crippen LogP contribution in [0, 0.1) is 0 Å². The maximum absolute atomic E-state index is 12.7. The third-order valence-corrected chi connectivity index (χ3v) is 4.25. The van der Waals surface area contributed by atoms with Crippen molar-refractivity contribution in [3.8, 4) is 0 Å². The van der Waals surface area contributed by atoms with Crippen molar-refractivity contribution in [2.45, 2.75) is 0 Å². The molecule has 0 unspecified atom stereocenters. The van der Waals surface area contributed by atoms with Gasteiger partial charge in [0.25, 0.3) is 5.91 Å². The van der Waals surface area contributed by atoms with Crippen molar-refractivity contribution in [3.63, 3.8) is 0 Å². The standard InChI is InChI=1S/C22H23N3O.ClH/c1-25(2,19-13-7-4-8-14-19)17-22(26)24-21-16-10-9-15-20(21)23-18-11-5-3-6-12-18;/h3-16,23H,17H2,1-2H3;1H. The van der Waals surface area contributed by atoms with Crippen LogP contribution in [-0.2, 0) is 4.79 Å². The van der Waals surface area contributed by atoms with E-state index in [2.05, 4.69) is 10.6 Å². The Morgan fingerprint density at radius 1 is 0.778 bits per heavy atom. The molecule has 2 N–H and O–H groups in total. The number of benzene rings is 3. The number of anilines is 3. The molecule has 0 spiro atoms. The number of hydrogen-bond acceptors (Lipinski definition) is 2. The first-order valence-corrected chi connectivity index (χ1v) is 8.64. The second-order valence-electron chi connectivity index (χ2n) is 6.76. The van der Waals surface area contributed by atoms with Crippen molar-refractivity contribution in [3.05, 3.63) is 84.9 Å². The molecule has 0 aliphatic carbocycles. The number of rotatable bonds is 6. The first-order chi connectivity index (χ1) is 12.5. The number of halogens is 1. The second-order valence-corrected chi connectivity index (χ2v) is 6.76. The van der Waals surface area contributed by atoms with Crippen LogP contribution in [0.1, 0.15) is 0 Å². The lowest BCUT2D eigenvalue weighted by molar-refractivity contribution is -0.116. The summed E-state index contributed by atoms with van der Waals surface area (Å²) in [4.78, 5) is 12.7. The summed E-state index contributed by atoms with van der Waals surface area (Å²) in [5, 5.41) is 6.39. The van der Waals surface area contributed by atoms with Crippen LogP contribution in [0.15, 0.2) is 84.9 Å². The maximum atomic E-state index is 12.7. The highest BCUT2D eigenvalue weighted by molar-refractivity contribution is 5.96. The van der Waals surface area contributed by atoms with Crippen LogP contribution < -0.4 is 27.5 Å². The fourth-order valence-corrected chi connectivity index (χ4v) is 2.85. The zero-order chi connectivity index (χ0) is 18.4. The van der Waals surface area contributed by atoms with Crippen molar-refractivity contribution in [2.24, 2.45) is 0 Å². The smallest absolute Gasteiger partial charge is 0.280 e. The lowest BCUT2D eigenvalue weighted by Gasteiger charge is -2.28. The Morgan fingerprint density at radius 2 is 1.30 bits per heavy atom. The quantitative estimate of drug-likeness (QED) is 0.637. The summed E-state index contributed by atoms with van der Waals surface area (Å²) in [6, 6.07) is 27.7. The minimum atomic E-state index is -0.0267. The number of likely N-dealkylation sites (N-methyl/N-ethyl adjacent to an activating group) is 1. The summed E-state index contributed by atoms with van der Waals surface area (Å²) >= 11 is 0. The van der Waals surface area contributed by atoms with Gasteiger partial charge in [-0.3, -0.25) is 9.28 Å². The number of nitrogens with zero attached hydrogens (tertiary/aromatic N) is 1. The van der Waals surface area contributed by atoms with E-state index >= 15 is 0 Å². The number of quaternary nitrogens is 1. The Balaban J connectivity index is 0.00000261. The molecule has 1 amide bonds. The van der Waals surface area contributed by atoms with E-state index in [4.69, 9.17) is 0 Å². The molecule has 0 radical (unpaired) electrons. The molecule has 0 aromatic heterocycles. The molecule has 4 nitrogen and oxygen atoms in total. The molecule has 0 aliphatic heterocycles. The van der Waals surface area contributed by atoms with Gasteiger partial charge in [0, 0.05) is 5.69 Å². The van der Waals surface area contributed by atoms with Gasteiger partial charge in [-0.2, -0.15) is 0 Å². The Labute approximate surface area is 166 Å². The monoisotopic (exact) mass is 381 g/mol. The van der Waals surface area contributed by atoms with Gasteiger partial charge in [0.1, 0.15) is 5.69 Å². The van der Waals surface area contributed by atoms with Crippen molar-refractivity contribution in [1.82, 2.24) is 4.48 Å². The number of amides is 1. The molecule has 27 heavy (non-hydrogen) atoms. The highest BCUT2D eigenvalue weighted by Gasteiger charge is 2.23. The molecule has 0 heterocycles. The van der Waals surface area contributed by atoms with Crippen molar-refractivity contribution < 1.29 is 17.2 Å². The van der Waals surface area contributed by atoms with Crippen LogP contribution in [0.4, 0.5) is 22.7 Å². The highest BCUT2D eigenvalue weighted by atomic mass is 35.5. The molecule has 0 saturated heterocycles. The van der Waals surface area contributed by atoms with E-state index < -0.39 is 0 Å². The zero-order valence-corrected chi connectivity index (χ0v) is 16.3. The number of nitrogens with one attached hydrogen (secondary N) is 2. The third-order valence-electron chi connectivity index (χ3n) is 4.25. The fraction of sp³-hybridized carbons (Fsp3) is 0.136. The largest absolute Gasteiger partial charge is 1.00 e. The minimum absolute atomic E-state index is 0. The summed E-state index contributed by atoms with van der Waals surface area (Å²) in [6.07, 6.45) is 0. The average molecular weight is 382 g/mol. The Hall–Kier alpha value is -2.82. The van der Waals surface area contributed by atoms with Gasteiger partial charge in [-0.25, -0.2) is 0 Å². The molecule has 5 heteroatoms. The van der Waals surface area contributed by atoms with Crippen LogP contribution in [-0.4, -0.2) is 26.5 Å². The van der Waals surface area contributed by atoms with Crippen LogP contribution in [0.2, 0.25) is 0 Å². The molecule has 3 rings (SSSR count). The van der Waals surface area contributed by atoms with Crippen LogP contribution >= 0.6 is 0 Å². The Kier molecular flexibility index (Phi) is 6.99. The van der Waals surface area contributed by atoms with E-state index in [1.807, 2.05) is 99.0 Å². The van der Waals surface area contributed by atoms with Gasteiger partial charge < -0.3 is 23.0 Å². The summed E-state index contributed by atoms with van der Waals surface area (Å²) in [6.45, 7) is 0.351. The molecule has 0 bridgehead atoms. The molecule has 140 valence electrons. The summed E-state index contributed by atoms with van der Waals surface area (Å²) in [5.74, 6) is -0.0267. The van der Waals surface area contributed by atoms with Gasteiger partial charge in [0.15, 0.2) is 6.54 Å². The predicted octanol–water partition coefficient (Wildman–Crippen LogP) is 1.64. The lowest BCUT2D eigenvalue weighted by atomic mass is 10.2. The molecule has 0 saturated carbocycles. The predicted molar refractivity (Wildman–Crippen MR) is 110 cm³/mol. The third kappa shape index (κ3) is 5.58. The summed E-state index contributed by atoms with van der Waals surface area (Å²) in [7, 11) is 4.06. The van der Waals surface area contributed by atoms with Gasteiger partial charge in [-0.1, -0.05) is 48.5 Å². The Bertz CT molecular complexity index is 867. The van der Waals surface area contributed by atoms with Gasteiger partial charge >= 0.3 is 0 Å². The SMILES string of the molecule is C[N+](C)(CC(=O)Nc1ccccc1Nc1ccccc1)c1ccccc1.[Cl-]. The molecule has 3 aromatic rings. The average Bonchev–Trinajstić information content (AvgIpc) is 2.64. The fourth-order valence-electron chi connectivity index (χ4n) is 2.85. The number of para-hydroxylation sites is 4. The van der Waals surface area contributed by atoms with Crippen LogP contribution in [0.3, 0.4) is 0 Å². The first kappa shape index (κ1) is 20.5. The molecular formula is C22H24ClN3O. The normalized spacial score (nSPS) is 10.6. The minimum Gasteiger partial charge on any atom is -1.00 e. The van der Waals surface area contributed by atoms with Crippen LogP contribution in [0.25, 0.3) is 0 Å². The Morgan fingerprint density at radius 3 is 1.93 bits per heavy atom. The van der Waals surface area contributed by atoms with Crippen molar-refractivity contribution in [2.75, 3.05) is 31.3 Å². The van der Waals surface area contributed by atoms with Crippen LogP contribution in [0.5, 0.6) is 0 Å². The summed E-state index contributed by atoms with van der Waals surface area (Å²) in [5.41, 5.74) is 3.72. The number of carbonyl (C=O) groups excluding carboxylic acids is 1. The van der Waals surface area contributed by atoms with E-state index in [1.54, 1.807) is 0 Å².